The third kappa shape index (κ3) is 9.88. The SMILES string of the molecule is COCCOc1cc(CNCCCCOCCNc2cc(-c3ccnnc3)cc3[nH]ncc23)cc(OC(F)(F)F)c1. The smallest absolute Gasteiger partial charge is 0.491 e. The van der Waals surface area contributed by atoms with E-state index >= 15 is 0 Å². The van der Waals surface area contributed by atoms with Gasteiger partial charge in [0.05, 0.1) is 37.3 Å². The molecule has 0 radical (unpaired) electrons. The Labute approximate surface area is 235 Å². The minimum atomic E-state index is -4.78. The van der Waals surface area contributed by atoms with Crippen molar-refractivity contribution in [1.29, 1.82) is 0 Å². The molecule has 0 amide bonds. The number of aromatic amines is 1. The largest absolute Gasteiger partial charge is 0.573 e. The molecule has 0 aliphatic heterocycles. The van der Waals surface area contributed by atoms with E-state index in [1.54, 1.807) is 24.7 Å². The van der Waals surface area contributed by atoms with Crippen LogP contribution in [0.1, 0.15) is 18.4 Å². The summed E-state index contributed by atoms with van der Waals surface area (Å²) in [6.07, 6.45) is 2.07. The number of anilines is 1. The highest BCUT2D eigenvalue weighted by molar-refractivity contribution is 5.95. The van der Waals surface area contributed by atoms with Gasteiger partial charge in [-0.3, -0.25) is 5.10 Å². The summed E-state index contributed by atoms with van der Waals surface area (Å²) in [4.78, 5) is 0. The van der Waals surface area contributed by atoms with Crippen LogP contribution in [0.25, 0.3) is 22.0 Å². The Hall–Kier alpha value is -3.94. The highest BCUT2D eigenvalue weighted by atomic mass is 19.4. The van der Waals surface area contributed by atoms with E-state index < -0.39 is 6.36 Å². The average molecular weight is 575 g/mol. The monoisotopic (exact) mass is 574 g/mol. The Morgan fingerprint density at radius 2 is 1.76 bits per heavy atom. The van der Waals surface area contributed by atoms with Crippen molar-refractivity contribution in [2.24, 2.45) is 0 Å². The predicted molar refractivity (Wildman–Crippen MR) is 148 cm³/mol. The minimum Gasteiger partial charge on any atom is -0.491 e. The fourth-order valence-electron chi connectivity index (χ4n) is 4.12. The number of nitrogens with zero attached hydrogens (tertiary/aromatic N) is 3. The first-order chi connectivity index (χ1) is 19.9. The van der Waals surface area contributed by atoms with Gasteiger partial charge in [0, 0.05) is 49.5 Å². The molecule has 0 saturated heterocycles. The van der Waals surface area contributed by atoms with E-state index in [4.69, 9.17) is 14.2 Å². The molecule has 10 nitrogen and oxygen atoms in total. The van der Waals surface area contributed by atoms with Crippen LogP contribution >= 0.6 is 0 Å². The van der Waals surface area contributed by atoms with Crippen LogP contribution in [0.15, 0.2) is 55.0 Å². The number of nitrogens with one attached hydrogen (secondary N) is 3. The third-order valence-electron chi connectivity index (χ3n) is 5.99. The lowest BCUT2D eigenvalue weighted by Gasteiger charge is -2.14. The molecule has 2 aromatic heterocycles. The Balaban J connectivity index is 1.15. The van der Waals surface area contributed by atoms with E-state index in [0.29, 0.717) is 45.0 Å². The molecule has 4 aromatic rings. The second-order valence-corrected chi connectivity index (χ2v) is 9.11. The molecule has 0 fully saturated rings. The molecule has 0 aliphatic carbocycles. The molecule has 2 heterocycles. The topological polar surface area (TPSA) is 115 Å². The van der Waals surface area contributed by atoms with Crippen LogP contribution < -0.4 is 20.1 Å². The first-order valence-corrected chi connectivity index (χ1v) is 13.2. The number of methoxy groups -OCH3 is 1. The van der Waals surface area contributed by atoms with Gasteiger partial charge in [0.1, 0.15) is 18.1 Å². The zero-order valence-electron chi connectivity index (χ0n) is 22.7. The van der Waals surface area contributed by atoms with Crippen molar-refractivity contribution < 1.29 is 32.1 Å². The van der Waals surface area contributed by atoms with Gasteiger partial charge in [-0.1, -0.05) is 0 Å². The van der Waals surface area contributed by atoms with Crippen LogP contribution in [0.5, 0.6) is 11.5 Å². The zero-order valence-corrected chi connectivity index (χ0v) is 22.7. The molecule has 220 valence electrons. The maximum absolute atomic E-state index is 12.7. The van der Waals surface area contributed by atoms with Gasteiger partial charge < -0.3 is 29.6 Å². The molecule has 4 rings (SSSR count). The number of rotatable bonds is 17. The fourth-order valence-corrected chi connectivity index (χ4v) is 4.12. The van der Waals surface area contributed by atoms with Gasteiger partial charge in [0.25, 0.3) is 0 Å². The summed E-state index contributed by atoms with van der Waals surface area (Å²) >= 11 is 0. The molecular formula is C28H33F3N6O4. The third-order valence-corrected chi connectivity index (χ3v) is 5.99. The number of hydrogen-bond acceptors (Lipinski definition) is 9. The van der Waals surface area contributed by atoms with Crippen molar-refractivity contribution in [2.45, 2.75) is 25.7 Å². The van der Waals surface area contributed by atoms with Crippen molar-refractivity contribution in [3.05, 3.63) is 60.6 Å². The second kappa shape index (κ2) is 15.2. The van der Waals surface area contributed by atoms with Crippen molar-refractivity contribution in [3.63, 3.8) is 0 Å². The van der Waals surface area contributed by atoms with Gasteiger partial charge in [-0.05, 0) is 60.8 Å². The van der Waals surface area contributed by atoms with Crippen LogP contribution in [0.2, 0.25) is 0 Å². The predicted octanol–water partition coefficient (Wildman–Crippen LogP) is 4.94. The summed E-state index contributed by atoms with van der Waals surface area (Å²) in [6, 6.07) is 10.2. The minimum absolute atomic E-state index is 0.220. The lowest BCUT2D eigenvalue weighted by atomic mass is 10.1. The molecule has 0 unspecified atom stereocenters. The molecule has 0 spiro atoms. The summed E-state index contributed by atoms with van der Waals surface area (Å²) < 4.78 is 58.4. The second-order valence-electron chi connectivity index (χ2n) is 9.11. The van der Waals surface area contributed by atoms with Gasteiger partial charge in [-0.15, -0.1) is 13.2 Å². The van der Waals surface area contributed by atoms with Crippen molar-refractivity contribution in [2.75, 3.05) is 51.9 Å². The van der Waals surface area contributed by atoms with Crippen molar-refractivity contribution in [1.82, 2.24) is 25.7 Å². The van der Waals surface area contributed by atoms with Crippen LogP contribution in [-0.2, 0) is 16.0 Å². The maximum Gasteiger partial charge on any atom is 0.573 e. The lowest BCUT2D eigenvalue weighted by molar-refractivity contribution is -0.274. The van der Waals surface area contributed by atoms with Crippen molar-refractivity contribution in [3.8, 4) is 22.6 Å². The molecule has 0 saturated carbocycles. The number of aromatic nitrogens is 4. The van der Waals surface area contributed by atoms with E-state index in [1.165, 1.54) is 19.2 Å². The number of benzene rings is 2. The first-order valence-electron chi connectivity index (χ1n) is 13.2. The van der Waals surface area contributed by atoms with E-state index in [2.05, 4.69) is 41.8 Å². The van der Waals surface area contributed by atoms with Crippen LogP contribution in [0.4, 0.5) is 18.9 Å². The zero-order chi connectivity index (χ0) is 28.9. The van der Waals surface area contributed by atoms with E-state index in [1.807, 2.05) is 12.1 Å². The number of halogens is 3. The molecule has 3 N–H and O–H groups in total. The van der Waals surface area contributed by atoms with Gasteiger partial charge in [-0.2, -0.15) is 15.3 Å². The Kier molecular flexibility index (Phi) is 11.1. The first kappa shape index (κ1) is 30.0. The summed E-state index contributed by atoms with van der Waals surface area (Å²) in [5.74, 6) is -0.0296. The fraction of sp³-hybridized carbons (Fsp3) is 0.393. The average Bonchev–Trinajstić information content (AvgIpc) is 3.43. The highest BCUT2D eigenvalue weighted by Gasteiger charge is 2.31. The van der Waals surface area contributed by atoms with E-state index in [9.17, 15) is 13.2 Å². The van der Waals surface area contributed by atoms with Gasteiger partial charge in [0.15, 0.2) is 0 Å². The highest BCUT2D eigenvalue weighted by Crippen LogP contribution is 2.30. The Morgan fingerprint density at radius 3 is 2.56 bits per heavy atom. The van der Waals surface area contributed by atoms with Crippen LogP contribution in [0, 0.1) is 0 Å². The van der Waals surface area contributed by atoms with Crippen LogP contribution in [-0.4, -0.2) is 73.4 Å². The van der Waals surface area contributed by atoms with Crippen molar-refractivity contribution >= 4 is 16.6 Å². The quantitative estimate of drug-likeness (QED) is 0.151. The Morgan fingerprint density at radius 1 is 0.878 bits per heavy atom. The molecule has 2 aromatic carbocycles. The van der Waals surface area contributed by atoms with Gasteiger partial charge in [0.2, 0.25) is 0 Å². The van der Waals surface area contributed by atoms with E-state index in [0.717, 1.165) is 40.6 Å². The lowest BCUT2D eigenvalue weighted by Crippen LogP contribution is -2.18. The molecule has 0 aliphatic rings. The van der Waals surface area contributed by atoms with E-state index in [-0.39, 0.29) is 18.1 Å². The van der Waals surface area contributed by atoms with Crippen LogP contribution in [0.3, 0.4) is 0 Å². The summed E-state index contributed by atoms with van der Waals surface area (Å²) in [6.45, 7) is 3.35. The number of alkyl halides is 3. The molecule has 0 atom stereocenters. The number of fused-ring (bicyclic) bond motifs is 1. The summed E-state index contributed by atoms with van der Waals surface area (Å²) in [7, 11) is 1.52. The molecule has 13 heteroatoms. The normalized spacial score (nSPS) is 11.6. The summed E-state index contributed by atoms with van der Waals surface area (Å²) in [5.41, 5.74) is 4.46. The standard InChI is InChI=1S/C28H33F3N6O4/c1-38-10-11-40-23-12-20(13-24(16-23)41-28(29,30)31)17-32-5-2-3-8-39-9-7-33-26-14-22(21-4-6-34-35-18-21)15-27-25(26)19-36-37-27/h4,6,12-16,18-19,32-33H,2-3,5,7-11,17H2,1H3,(H,36,37). The molecular weight excluding hydrogens is 541 g/mol. The van der Waals surface area contributed by atoms with Gasteiger partial charge in [-0.25, -0.2) is 0 Å². The number of unbranched alkanes of at least 4 members (excludes halogenated alkanes) is 1. The number of ether oxygens (including phenoxy) is 4. The maximum atomic E-state index is 12.7. The van der Waals surface area contributed by atoms with Gasteiger partial charge >= 0.3 is 6.36 Å². The number of H-pyrrole nitrogens is 1. The summed E-state index contributed by atoms with van der Waals surface area (Å²) in [5, 5.41) is 22.6. The number of hydrogen-bond donors (Lipinski definition) is 3. The Bertz CT molecular complexity index is 1350. The molecule has 41 heavy (non-hydrogen) atoms. The molecule has 0 bridgehead atoms.